The van der Waals surface area contributed by atoms with Crippen LogP contribution in [0, 0.1) is 22.7 Å². The first-order valence-electron chi connectivity index (χ1n) is 7.12. The Morgan fingerprint density at radius 2 is 1.62 bits per heavy atom. The van der Waals surface area contributed by atoms with Crippen molar-refractivity contribution in [1.82, 2.24) is 4.90 Å². The van der Waals surface area contributed by atoms with Gasteiger partial charge in [-0.3, -0.25) is 4.79 Å². The minimum atomic E-state index is -0.674. The lowest BCUT2D eigenvalue weighted by molar-refractivity contribution is -0.153. The predicted molar refractivity (Wildman–Crippen MR) is 87.6 cm³/mol. The third kappa shape index (κ3) is 7.61. The number of nitrogens with zero attached hydrogens (tertiary/aromatic N) is 3. The maximum absolute atomic E-state index is 12.0. The molecule has 1 amide bonds. The van der Waals surface area contributed by atoms with Crippen molar-refractivity contribution in [3.63, 3.8) is 0 Å². The lowest BCUT2D eigenvalue weighted by Gasteiger charge is -2.20. The first kappa shape index (κ1) is 19.5. The smallest absolute Gasteiger partial charge is 0.344 e. The van der Waals surface area contributed by atoms with Crippen LogP contribution in [0.5, 0.6) is 5.75 Å². The second-order valence-corrected chi connectivity index (χ2v) is 5.52. The Kier molecular flexibility index (Phi) is 8.95. The molecule has 0 saturated heterocycles. The van der Waals surface area contributed by atoms with E-state index in [1.807, 2.05) is 12.1 Å². The number of nitriles is 2. The summed E-state index contributed by atoms with van der Waals surface area (Å²) >= 11 is 3.29. The molecule has 1 aromatic rings. The molecule has 0 heterocycles. The van der Waals surface area contributed by atoms with E-state index in [2.05, 4.69) is 15.9 Å². The largest absolute Gasteiger partial charge is 0.482 e. The zero-order chi connectivity index (χ0) is 17.8. The van der Waals surface area contributed by atoms with Crippen molar-refractivity contribution in [1.29, 1.82) is 10.5 Å². The lowest BCUT2D eigenvalue weighted by atomic mass is 10.3. The van der Waals surface area contributed by atoms with E-state index in [1.54, 1.807) is 24.3 Å². The highest BCUT2D eigenvalue weighted by Gasteiger charge is 2.15. The van der Waals surface area contributed by atoms with E-state index in [0.717, 1.165) is 4.47 Å². The van der Waals surface area contributed by atoms with Gasteiger partial charge in [-0.05, 0) is 24.3 Å². The van der Waals surface area contributed by atoms with E-state index in [4.69, 9.17) is 20.0 Å². The average molecular weight is 394 g/mol. The molecule has 24 heavy (non-hydrogen) atoms. The van der Waals surface area contributed by atoms with Crippen LogP contribution in [0.3, 0.4) is 0 Å². The van der Waals surface area contributed by atoms with Gasteiger partial charge in [-0.25, -0.2) is 4.79 Å². The van der Waals surface area contributed by atoms with Crippen LogP contribution >= 0.6 is 15.9 Å². The summed E-state index contributed by atoms with van der Waals surface area (Å²) in [5.41, 5.74) is 0. The van der Waals surface area contributed by atoms with E-state index in [9.17, 15) is 9.59 Å². The summed E-state index contributed by atoms with van der Waals surface area (Å²) in [6.45, 7) is -0.362. The molecule has 0 spiro atoms. The number of rotatable bonds is 9. The third-order valence-electron chi connectivity index (χ3n) is 2.87. The first-order chi connectivity index (χ1) is 11.6. The molecular weight excluding hydrogens is 378 g/mol. The number of ether oxygens (including phenoxy) is 2. The zero-order valence-electron chi connectivity index (χ0n) is 12.9. The maximum atomic E-state index is 12.0. The van der Waals surface area contributed by atoms with Gasteiger partial charge in [0, 0.05) is 17.6 Å². The third-order valence-corrected chi connectivity index (χ3v) is 3.40. The average Bonchev–Trinajstić information content (AvgIpc) is 2.59. The number of carbonyl (C=O) groups excluding carboxylic acids is 2. The molecule has 0 aliphatic carbocycles. The van der Waals surface area contributed by atoms with Gasteiger partial charge in [0.15, 0.2) is 13.2 Å². The molecule has 0 bridgehead atoms. The van der Waals surface area contributed by atoms with Gasteiger partial charge in [0.25, 0.3) is 5.91 Å². The number of esters is 1. The van der Waals surface area contributed by atoms with Crippen molar-refractivity contribution in [2.45, 2.75) is 12.8 Å². The van der Waals surface area contributed by atoms with Crippen LogP contribution in [-0.2, 0) is 14.3 Å². The van der Waals surface area contributed by atoms with Crippen molar-refractivity contribution >= 4 is 27.8 Å². The predicted octanol–water partition coefficient (Wildman–Crippen LogP) is 2.03. The van der Waals surface area contributed by atoms with Crippen molar-refractivity contribution in [2.24, 2.45) is 0 Å². The molecule has 0 aliphatic rings. The number of carbonyl (C=O) groups is 2. The Morgan fingerprint density at radius 1 is 1.04 bits per heavy atom. The highest BCUT2D eigenvalue weighted by Crippen LogP contribution is 2.15. The Bertz CT molecular complexity index is 616. The van der Waals surface area contributed by atoms with Gasteiger partial charge in [-0.15, -0.1) is 0 Å². The Hall–Kier alpha value is -2.58. The van der Waals surface area contributed by atoms with Crippen LogP contribution in [0.2, 0.25) is 0 Å². The van der Waals surface area contributed by atoms with E-state index < -0.39 is 18.5 Å². The monoisotopic (exact) mass is 393 g/mol. The van der Waals surface area contributed by atoms with Crippen LogP contribution in [0.1, 0.15) is 12.8 Å². The fourth-order valence-electron chi connectivity index (χ4n) is 1.68. The summed E-state index contributed by atoms with van der Waals surface area (Å²) in [7, 11) is 0. The molecule has 0 unspecified atom stereocenters. The number of amides is 1. The molecule has 0 fully saturated rings. The molecule has 0 N–H and O–H groups in total. The lowest BCUT2D eigenvalue weighted by Crippen LogP contribution is -2.36. The summed E-state index contributed by atoms with van der Waals surface area (Å²) < 4.78 is 11.0. The van der Waals surface area contributed by atoms with Crippen molar-refractivity contribution in [3.8, 4) is 17.9 Å². The summed E-state index contributed by atoms with van der Waals surface area (Å²) in [5, 5.41) is 17.2. The number of hydrogen-bond acceptors (Lipinski definition) is 6. The van der Waals surface area contributed by atoms with E-state index in [-0.39, 0.29) is 32.5 Å². The minimum absolute atomic E-state index is 0.151. The molecule has 0 aliphatic heterocycles. The van der Waals surface area contributed by atoms with Crippen LogP contribution < -0.4 is 4.74 Å². The van der Waals surface area contributed by atoms with Crippen LogP contribution in [0.15, 0.2) is 28.7 Å². The standard InChI is InChI=1S/C16H16BrN3O4/c17-13-3-5-14(6-4-13)23-12-16(22)24-11-15(21)20(9-1-7-18)10-2-8-19/h3-6H,1-2,9-12H2. The molecule has 0 radical (unpaired) electrons. The topological polar surface area (TPSA) is 103 Å². The van der Waals surface area contributed by atoms with Crippen molar-refractivity contribution in [3.05, 3.63) is 28.7 Å². The number of benzene rings is 1. The Balaban J connectivity index is 2.37. The Morgan fingerprint density at radius 3 is 2.17 bits per heavy atom. The minimum Gasteiger partial charge on any atom is -0.482 e. The maximum Gasteiger partial charge on any atom is 0.344 e. The molecular formula is C16H16BrN3O4. The van der Waals surface area contributed by atoms with Gasteiger partial charge in [0.1, 0.15) is 5.75 Å². The van der Waals surface area contributed by atoms with Crippen LogP contribution in [0.25, 0.3) is 0 Å². The van der Waals surface area contributed by atoms with Gasteiger partial charge in [0.2, 0.25) is 0 Å². The van der Waals surface area contributed by atoms with Crippen molar-refractivity contribution < 1.29 is 19.1 Å². The van der Waals surface area contributed by atoms with Crippen LogP contribution in [-0.4, -0.2) is 43.1 Å². The zero-order valence-corrected chi connectivity index (χ0v) is 14.5. The fraction of sp³-hybridized carbons (Fsp3) is 0.375. The van der Waals surface area contributed by atoms with Gasteiger partial charge < -0.3 is 14.4 Å². The molecule has 0 saturated carbocycles. The SMILES string of the molecule is N#CCCN(CCC#N)C(=O)COC(=O)COc1ccc(Br)cc1. The summed E-state index contributed by atoms with van der Waals surface area (Å²) in [6, 6.07) is 10.8. The Labute approximate surface area is 148 Å². The van der Waals surface area contributed by atoms with Crippen molar-refractivity contribution in [2.75, 3.05) is 26.3 Å². The van der Waals surface area contributed by atoms with Gasteiger partial charge in [-0.1, -0.05) is 15.9 Å². The van der Waals surface area contributed by atoms with E-state index in [1.165, 1.54) is 4.90 Å². The van der Waals surface area contributed by atoms with E-state index >= 15 is 0 Å². The highest BCUT2D eigenvalue weighted by molar-refractivity contribution is 9.10. The van der Waals surface area contributed by atoms with E-state index in [0.29, 0.717) is 5.75 Å². The number of halogens is 1. The summed E-state index contributed by atoms with van der Waals surface area (Å²) in [6.07, 6.45) is 0.301. The van der Waals surface area contributed by atoms with Gasteiger partial charge in [-0.2, -0.15) is 10.5 Å². The van der Waals surface area contributed by atoms with Gasteiger partial charge in [0.05, 0.1) is 25.0 Å². The molecule has 7 nitrogen and oxygen atoms in total. The second-order valence-electron chi connectivity index (χ2n) is 4.60. The van der Waals surface area contributed by atoms with Gasteiger partial charge >= 0.3 is 5.97 Å². The molecule has 0 atom stereocenters. The summed E-state index contributed by atoms with van der Waals surface area (Å²) in [4.78, 5) is 24.9. The first-order valence-corrected chi connectivity index (χ1v) is 7.91. The highest BCUT2D eigenvalue weighted by atomic mass is 79.9. The molecule has 1 rings (SSSR count). The second kappa shape index (κ2) is 11.0. The molecule has 0 aromatic heterocycles. The normalized spacial score (nSPS) is 9.46. The molecule has 8 heteroatoms. The quantitative estimate of drug-likeness (QED) is 0.594. The molecule has 126 valence electrons. The summed E-state index contributed by atoms with van der Waals surface area (Å²) in [5.74, 6) is -0.615. The van der Waals surface area contributed by atoms with Crippen LogP contribution in [0.4, 0.5) is 0 Å². The fourth-order valence-corrected chi connectivity index (χ4v) is 1.94. The number of hydrogen-bond donors (Lipinski definition) is 0. The molecule has 1 aromatic carbocycles.